The van der Waals surface area contributed by atoms with E-state index in [1.54, 1.807) is 0 Å². The fraction of sp³-hybridized carbons (Fsp3) is 0.459. The van der Waals surface area contributed by atoms with Gasteiger partial charge in [-0.15, -0.1) is 0 Å². The first-order valence-electron chi connectivity index (χ1n) is 15.9. The van der Waals surface area contributed by atoms with Crippen LogP contribution in [0.4, 0.5) is 0 Å². The van der Waals surface area contributed by atoms with Gasteiger partial charge in [-0.25, -0.2) is 0 Å². The van der Waals surface area contributed by atoms with Crippen molar-refractivity contribution in [3.8, 4) is 23.8 Å². The zero-order valence-electron chi connectivity index (χ0n) is 28.1. The van der Waals surface area contributed by atoms with Crippen molar-refractivity contribution in [2.75, 3.05) is 0 Å². The molecule has 1 saturated carbocycles. The van der Waals surface area contributed by atoms with Crippen molar-refractivity contribution in [1.82, 2.24) is 19.9 Å². The number of hydrogen-bond acceptors (Lipinski definition) is 8. The van der Waals surface area contributed by atoms with E-state index in [1.807, 2.05) is 98.7 Å². The van der Waals surface area contributed by atoms with E-state index in [9.17, 15) is 0 Å². The van der Waals surface area contributed by atoms with Gasteiger partial charge < -0.3 is 18.9 Å². The van der Waals surface area contributed by atoms with Gasteiger partial charge in [-0.1, -0.05) is 66.8 Å². The lowest BCUT2D eigenvalue weighted by Gasteiger charge is -2.52. The summed E-state index contributed by atoms with van der Waals surface area (Å²) in [5.74, 6) is 0.732. The Bertz CT molecular complexity index is 1350. The summed E-state index contributed by atoms with van der Waals surface area (Å²) in [5.41, 5.74) is 3.79. The minimum atomic E-state index is -0.0967. The summed E-state index contributed by atoms with van der Waals surface area (Å²) in [4.78, 5) is 19.1. The van der Waals surface area contributed by atoms with Crippen molar-refractivity contribution in [1.29, 1.82) is 0 Å². The summed E-state index contributed by atoms with van der Waals surface area (Å²) in [6.07, 6.45) is 7.78. The molecule has 1 fully saturated rings. The van der Waals surface area contributed by atoms with Crippen molar-refractivity contribution in [2.24, 2.45) is 5.92 Å². The first-order chi connectivity index (χ1) is 21.5. The molecule has 0 spiro atoms. The van der Waals surface area contributed by atoms with E-state index < -0.39 is 0 Å². The molecule has 0 amide bonds. The predicted molar refractivity (Wildman–Crippen MR) is 178 cm³/mol. The van der Waals surface area contributed by atoms with Crippen molar-refractivity contribution < 1.29 is 18.9 Å². The molecule has 2 atom stereocenters. The van der Waals surface area contributed by atoms with Crippen LogP contribution in [0.1, 0.15) is 97.0 Å². The number of aromatic nitrogens is 4. The van der Waals surface area contributed by atoms with Gasteiger partial charge in [0.25, 0.3) is 0 Å². The third-order valence-corrected chi connectivity index (χ3v) is 7.26. The van der Waals surface area contributed by atoms with Gasteiger partial charge in [-0.3, -0.25) is 0 Å². The highest BCUT2D eigenvalue weighted by Gasteiger charge is 2.54. The van der Waals surface area contributed by atoms with Crippen LogP contribution in [-0.4, -0.2) is 44.4 Å². The number of allylic oxidation sites excluding steroid dienone is 5. The minimum absolute atomic E-state index is 0.00883. The second-order valence-corrected chi connectivity index (χ2v) is 12.5. The lowest BCUT2D eigenvalue weighted by Crippen LogP contribution is -2.43. The molecule has 1 aromatic carbocycles. The molecule has 0 radical (unpaired) electrons. The number of benzene rings is 1. The van der Waals surface area contributed by atoms with Crippen molar-refractivity contribution >= 4 is 0 Å². The highest BCUT2D eigenvalue weighted by Crippen LogP contribution is 2.64. The lowest BCUT2D eigenvalue weighted by molar-refractivity contribution is 0.169. The first kappa shape index (κ1) is 33.7. The van der Waals surface area contributed by atoms with Gasteiger partial charge in [0.05, 0.1) is 35.8 Å². The summed E-state index contributed by atoms with van der Waals surface area (Å²) in [6.45, 7) is 22.4. The molecule has 4 rings (SSSR count). The SMILES string of the molecule is C=C(C=CC=CC)C1C(c2cc(OC(C)C)nc(OC(C)C)n2)C(c2ccccc2)C1c1cc(OC(C)C)nc(OC(C)C)n1. The van der Waals surface area contributed by atoms with Gasteiger partial charge in [-0.05, 0) is 67.9 Å². The minimum Gasteiger partial charge on any atom is -0.475 e. The van der Waals surface area contributed by atoms with Crippen LogP contribution in [0.2, 0.25) is 0 Å². The molecule has 2 unspecified atom stereocenters. The number of ether oxygens (including phenoxy) is 4. The Hall–Kier alpha value is -4.20. The maximum absolute atomic E-state index is 6.10. The highest BCUT2D eigenvalue weighted by molar-refractivity contribution is 5.46. The second-order valence-electron chi connectivity index (χ2n) is 12.5. The van der Waals surface area contributed by atoms with E-state index in [0.717, 1.165) is 17.0 Å². The molecule has 45 heavy (non-hydrogen) atoms. The molecule has 240 valence electrons. The topological polar surface area (TPSA) is 88.5 Å². The van der Waals surface area contributed by atoms with Gasteiger partial charge >= 0.3 is 12.0 Å². The van der Waals surface area contributed by atoms with E-state index in [-0.39, 0.29) is 48.1 Å². The second kappa shape index (κ2) is 15.2. The van der Waals surface area contributed by atoms with Crippen LogP contribution in [0.25, 0.3) is 0 Å². The Morgan fingerprint density at radius 2 is 1.11 bits per heavy atom. The number of nitrogens with zero attached hydrogens (tertiary/aromatic N) is 4. The fourth-order valence-corrected chi connectivity index (χ4v) is 5.75. The Morgan fingerprint density at radius 3 is 1.53 bits per heavy atom. The summed E-state index contributed by atoms with van der Waals surface area (Å²) in [6, 6.07) is 15.0. The normalized spacial score (nSPS) is 19.9. The summed E-state index contributed by atoms with van der Waals surface area (Å²) in [5, 5.41) is 0. The fourth-order valence-electron chi connectivity index (χ4n) is 5.75. The maximum atomic E-state index is 6.10. The van der Waals surface area contributed by atoms with Gasteiger partial charge in [0, 0.05) is 35.8 Å². The number of rotatable bonds is 14. The molecule has 0 saturated heterocycles. The van der Waals surface area contributed by atoms with Crippen LogP contribution in [0.3, 0.4) is 0 Å². The average Bonchev–Trinajstić information content (AvgIpc) is 2.91. The van der Waals surface area contributed by atoms with Crippen LogP contribution >= 0.6 is 0 Å². The average molecular weight is 613 g/mol. The largest absolute Gasteiger partial charge is 0.475 e. The third kappa shape index (κ3) is 8.71. The summed E-state index contributed by atoms with van der Waals surface area (Å²) >= 11 is 0. The zero-order chi connectivity index (χ0) is 32.7. The molecule has 3 aromatic rings. The molecule has 2 aromatic heterocycles. The summed E-state index contributed by atoms with van der Waals surface area (Å²) in [7, 11) is 0. The van der Waals surface area contributed by atoms with Gasteiger partial charge in [-0.2, -0.15) is 19.9 Å². The quantitative estimate of drug-likeness (QED) is 0.168. The van der Waals surface area contributed by atoms with Crippen LogP contribution in [-0.2, 0) is 0 Å². The van der Waals surface area contributed by atoms with Crippen molar-refractivity contribution in [3.63, 3.8) is 0 Å². The standard InChI is InChI=1S/C37H48N4O4/c1-11-12-14-17-26(10)32-34(28-20-30(42-22(2)3)40-36(38-28)44-24(6)7)33(27-18-15-13-16-19-27)35(32)29-21-31(43-23(4)5)41-37(39-29)45-25(8)9/h11-25,32-35H,10H2,1-9H3. The maximum Gasteiger partial charge on any atom is 0.320 e. The van der Waals surface area contributed by atoms with Gasteiger partial charge in [0.1, 0.15) is 0 Å². The summed E-state index contributed by atoms with van der Waals surface area (Å²) < 4.78 is 24.3. The predicted octanol–water partition coefficient (Wildman–Crippen LogP) is 8.38. The zero-order valence-corrected chi connectivity index (χ0v) is 28.1. The van der Waals surface area contributed by atoms with E-state index in [1.165, 1.54) is 5.56 Å². The van der Waals surface area contributed by atoms with Crippen LogP contribution in [0.15, 0.2) is 78.9 Å². The van der Waals surface area contributed by atoms with Crippen molar-refractivity contribution in [3.05, 3.63) is 95.9 Å². The molecule has 8 heteroatoms. The van der Waals surface area contributed by atoms with E-state index in [0.29, 0.717) is 23.8 Å². The first-order valence-corrected chi connectivity index (χ1v) is 15.9. The van der Waals surface area contributed by atoms with E-state index in [2.05, 4.69) is 46.9 Å². The van der Waals surface area contributed by atoms with Gasteiger partial charge in [0.15, 0.2) is 0 Å². The van der Waals surface area contributed by atoms with Crippen LogP contribution in [0.5, 0.6) is 23.8 Å². The molecule has 1 aliphatic carbocycles. The lowest BCUT2D eigenvalue weighted by atomic mass is 9.50. The van der Waals surface area contributed by atoms with E-state index >= 15 is 0 Å². The molecule has 0 aliphatic heterocycles. The third-order valence-electron chi connectivity index (χ3n) is 7.26. The molecule has 1 aliphatic rings. The Kier molecular flexibility index (Phi) is 11.4. The Morgan fingerprint density at radius 1 is 0.644 bits per heavy atom. The molecule has 0 bridgehead atoms. The van der Waals surface area contributed by atoms with Crippen LogP contribution in [0, 0.1) is 5.92 Å². The number of hydrogen-bond donors (Lipinski definition) is 0. The molecule has 2 heterocycles. The van der Waals surface area contributed by atoms with Crippen molar-refractivity contribution in [2.45, 2.75) is 104 Å². The smallest absolute Gasteiger partial charge is 0.320 e. The van der Waals surface area contributed by atoms with E-state index in [4.69, 9.17) is 28.9 Å². The Balaban J connectivity index is 1.94. The molecular formula is C37H48N4O4. The molecule has 0 N–H and O–H groups in total. The van der Waals surface area contributed by atoms with Gasteiger partial charge in [0.2, 0.25) is 11.8 Å². The highest BCUT2D eigenvalue weighted by atomic mass is 16.5. The monoisotopic (exact) mass is 612 g/mol. The van der Waals surface area contributed by atoms with Crippen LogP contribution < -0.4 is 18.9 Å². The molecule has 8 nitrogen and oxygen atoms in total. The Labute approximate surface area is 268 Å². The molecular weight excluding hydrogens is 564 g/mol.